The van der Waals surface area contributed by atoms with Crippen LogP contribution in [-0.4, -0.2) is 56.7 Å². The number of piperidine rings is 1. The van der Waals surface area contributed by atoms with Gasteiger partial charge in [0, 0.05) is 0 Å². The summed E-state index contributed by atoms with van der Waals surface area (Å²) in [6, 6.07) is -1.58. The quantitative estimate of drug-likeness (QED) is 0.295. The van der Waals surface area contributed by atoms with Crippen molar-refractivity contribution in [2.75, 3.05) is 0 Å². The predicted octanol–water partition coefficient (Wildman–Crippen LogP) is -3.35. The van der Waals surface area contributed by atoms with Crippen molar-refractivity contribution in [1.82, 2.24) is 5.32 Å². The summed E-state index contributed by atoms with van der Waals surface area (Å²) in [6.07, 6.45) is -5.26. The Hall–Kier alpha value is -1.18. The number of hydrogen-bond donors (Lipinski definition) is 5. The van der Waals surface area contributed by atoms with E-state index >= 15 is 0 Å². The fraction of sp³-hybridized carbons (Fsp3) is 0.667. The number of hydrogen-bond acceptors (Lipinski definition) is 5. The second kappa shape index (κ2) is 3.29. The number of rotatable bonds is 1. The first kappa shape index (κ1) is 9.90. The normalized spacial score (nSPS) is 39.8. The van der Waals surface area contributed by atoms with E-state index in [0.717, 1.165) is 0 Å². The van der Waals surface area contributed by atoms with Gasteiger partial charge in [-0.2, -0.15) is 0 Å². The lowest BCUT2D eigenvalue weighted by Crippen LogP contribution is -2.65. The number of carbonyl (C=O) groups excluding carboxylic acids is 1. The van der Waals surface area contributed by atoms with Gasteiger partial charge in [0.15, 0.2) is 12.1 Å². The minimum Gasteiger partial charge on any atom is -0.480 e. The molecule has 0 bridgehead atoms. The van der Waals surface area contributed by atoms with Gasteiger partial charge < -0.3 is 25.7 Å². The van der Waals surface area contributed by atoms with E-state index in [4.69, 9.17) is 20.4 Å². The maximum Gasteiger partial charge on any atom is 0.329 e. The Bertz CT molecular complexity index is 241. The van der Waals surface area contributed by atoms with Gasteiger partial charge in [0.2, 0.25) is 0 Å². The van der Waals surface area contributed by atoms with Crippen LogP contribution in [-0.2, 0) is 9.59 Å². The molecular weight excluding hydrogens is 182 g/mol. The van der Waals surface area contributed by atoms with Gasteiger partial charge in [-0.3, -0.25) is 4.79 Å². The van der Waals surface area contributed by atoms with E-state index in [0.29, 0.717) is 0 Å². The van der Waals surface area contributed by atoms with Crippen LogP contribution in [0.3, 0.4) is 0 Å². The van der Waals surface area contributed by atoms with E-state index < -0.39 is 36.2 Å². The van der Waals surface area contributed by atoms with Gasteiger partial charge in [-0.15, -0.1) is 0 Å². The Morgan fingerprint density at radius 3 is 2.23 bits per heavy atom. The summed E-state index contributed by atoms with van der Waals surface area (Å²) in [5.41, 5.74) is 0. The molecule has 4 atom stereocenters. The Labute approximate surface area is 72.6 Å². The molecule has 1 aliphatic rings. The number of carbonyl (C=O) groups is 2. The first-order chi connectivity index (χ1) is 5.95. The maximum atomic E-state index is 10.8. The Morgan fingerprint density at radius 1 is 1.23 bits per heavy atom. The average molecular weight is 191 g/mol. The second-order valence-electron chi connectivity index (χ2n) is 2.75. The minimum atomic E-state index is -1.79. The third-order valence-electron chi connectivity index (χ3n) is 1.85. The Kier molecular flexibility index (Phi) is 2.50. The number of aliphatic hydroxyl groups is 3. The number of nitrogens with one attached hydrogen (secondary N) is 1. The summed E-state index contributed by atoms with van der Waals surface area (Å²) in [6.45, 7) is 0. The third kappa shape index (κ3) is 1.62. The smallest absolute Gasteiger partial charge is 0.329 e. The van der Waals surface area contributed by atoms with Crippen molar-refractivity contribution in [2.24, 2.45) is 0 Å². The molecule has 0 aromatic carbocycles. The second-order valence-corrected chi connectivity index (χ2v) is 2.75. The number of aliphatic carboxylic acids is 1. The van der Waals surface area contributed by atoms with Crippen LogP contribution >= 0.6 is 0 Å². The minimum absolute atomic E-state index is 1.01. The lowest BCUT2D eigenvalue weighted by Gasteiger charge is -2.32. The summed E-state index contributed by atoms with van der Waals surface area (Å²) in [5.74, 6) is -2.47. The summed E-state index contributed by atoms with van der Waals surface area (Å²) < 4.78 is 0. The Balaban J connectivity index is 2.82. The first-order valence-electron chi connectivity index (χ1n) is 3.52. The summed E-state index contributed by atoms with van der Waals surface area (Å²) >= 11 is 0. The molecule has 0 saturated carbocycles. The van der Waals surface area contributed by atoms with Crippen LogP contribution in [0, 0.1) is 0 Å². The fourth-order valence-corrected chi connectivity index (χ4v) is 1.07. The lowest BCUT2D eigenvalue weighted by molar-refractivity contribution is -0.165. The van der Waals surface area contributed by atoms with Gasteiger partial charge >= 0.3 is 5.97 Å². The number of aliphatic hydroxyl groups excluding tert-OH is 3. The standard InChI is InChI=1S/C6H9NO6/c8-2-1(6(12)13)7-5(11)4(10)3(2)9/h1-4,8-10H,(H,7,11)(H,12,13). The molecule has 13 heavy (non-hydrogen) atoms. The monoisotopic (exact) mass is 191 g/mol. The van der Waals surface area contributed by atoms with Crippen molar-refractivity contribution >= 4 is 11.9 Å². The number of carboxylic acid groups (broad SMARTS) is 1. The molecule has 0 radical (unpaired) electrons. The SMILES string of the molecule is O=C1NC(C(=O)O)C(O)C(O)C1O. The first-order valence-corrected chi connectivity index (χ1v) is 3.52. The van der Waals surface area contributed by atoms with Crippen molar-refractivity contribution in [1.29, 1.82) is 0 Å². The number of amides is 1. The maximum absolute atomic E-state index is 10.8. The third-order valence-corrected chi connectivity index (χ3v) is 1.85. The molecule has 0 spiro atoms. The van der Waals surface area contributed by atoms with E-state index in [1.54, 1.807) is 0 Å². The van der Waals surface area contributed by atoms with E-state index in [9.17, 15) is 9.59 Å². The van der Waals surface area contributed by atoms with Crippen LogP contribution in [0.4, 0.5) is 0 Å². The molecule has 7 heteroatoms. The molecule has 4 unspecified atom stereocenters. The van der Waals surface area contributed by atoms with Crippen LogP contribution in [0.25, 0.3) is 0 Å². The zero-order chi connectivity index (χ0) is 10.2. The van der Waals surface area contributed by atoms with Crippen molar-refractivity contribution in [3.05, 3.63) is 0 Å². The molecule has 7 nitrogen and oxygen atoms in total. The highest BCUT2D eigenvalue weighted by Gasteiger charge is 2.44. The molecule has 5 N–H and O–H groups in total. The van der Waals surface area contributed by atoms with Crippen molar-refractivity contribution < 1.29 is 30.0 Å². The molecule has 0 aliphatic carbocycles. The predicted molar refractivity (Wildman–Crippen MR) is 37.6 cm³/mol. The van der Waals surface area contributed by atoms with Crippen LogP contribution in [0.15, 0.2) is 0 Å². The highest BCUT2D eigenvalue weighted by atomic mass is 16.4. The largest absolute Gasteiger partial charge is 0.480 e. The Morgan fingerprint density at radius 2 is 1.77 bits per heavy atom. The van der Waals surface area contributed by atoms with Gasteiger partial charge in [0.25, 0.3) is 5.91 Å². The molecule has 1 rings (SSSR count). The average Bonchev–Trinajstić information content (AvgIpc) is 2.07. The van der Waals surface area contributed by atoms with Crippen molar-refractivity contribution in [3.8, 4) is 0 Å². The van der Waals surface area contributed by atoms with Crippen LogP contribution in [0.5, 0.6) is 0 Å². The molecule has 1 aliphatic heterocycles. The van der Waals surface area contributed by atoms with Gasteiger partial charge in [-0.25, -0.2) is 4.79 Å². The fourth-order valence-electron chi connectivity index (χ4n) is 1.07. The summed E-state index contributed by atoms with van der Waals surface area (Å²) in [4.78, 5) is 21.2. The lowest BCUT2D eigenvalue weighted by atomic mass is 9.96. The van der Waals surface area contributed by atoms with Crippen LogP contribution in [0.1, 0.15) is 0 Å². The highest BCUT2D eigenvalue weighted by molar-refractivity contribution is 5.88. The van der Waals surface area contributed by atoms with Gasteiger partial charge in [-0.1, -0.05) is 0 Å². The topological polar surface area (TPSA) is 127 Å². The van der Waals surface area contributed by atoms with E-state index in [1.807, 2.05) is 5.32 Å². The molecule has 1 heterocycles. The molecule has 0 aromatic heterocycles. The van der Waals surface area contributed by atoms with Gasteiger partial charge in [0.1, 0.15) is 12.2 Å². The number of carboxylic acids is 1. The van der Waals surface area contributed by atoms with E-state index in [-0.39, 0.29) is 0 Å². The molecule has 74 valence electrons. The van der Waals surface area contributed by atoms with E-state index in [1.165, 1.54) is 0 Å². The van der Waals surface area contributed by atoms with Gasteiger partial charge in [0.05, 0.1) is 0 Å². The zero-order valence-electron chi connectivity index (χ0n) is 6.41. The highest BCUT2D eigenvalue weighted by Crippen LogP contribution is 2.11. The zero-order valence-corrected chi connectivity index (χ0v) is 6.41. The molecule has 1 amide bonds. The molecule has 1 fully saturated rings. The van der Waals surface area contributed by atoms with Crippen molar-refractivity contribution in [2.45, 2.75) is 24.4 Å². The molecule has 0 aromatic rings. The summed E-state index contributed by atoms with van der Waals surface area (Å²) in [7, 11) is 0. The molecule has 1 saturated heterocycles. The van der Waals surface area contributed by atoms with Crippen molar-refractivity contribution in [3.63, 3.8) is 0 Å². The molecular formula is C6H9NO6. The van der Waals surface area contributed by atoms with Crippen LogP contribution < -0.4 is 5.32 Å². The van der Waals surface area contributed by atoms with Crippen LogP contribution in [0.2, 0.25) is 0 Å². The van der Waals surface area contributed by atoms with E-state index in [2.05, 4.69) is 0 Å². The summed E-state index contributed by atoms with van der Waals surface area (Å²) in [5, 5.41) is 37.3. The van der Waals surface area contributed by atoms with Gasteiger partial charge in [-0.05, 0) is 0 Å².